The number of aromatic nitrogens is 1. The van der Waals surface area contributed by atoms with Gasteiger partial charge in [0.1, 0.15) is 0 Å². The molecule has 1 unspecified atom stereocenters. The molecule has 0 bridgehead atoms. The highest BCUT2D eigenvalue weighted by molar-refractivity contribution is 9.10. The predicted molar refractivity (Wildman–Crippen MR) is 86.0 cm³/mol. The van der Waals surface area contributed by atoms with Crippen LogP contribution in [-0.4, -0.2) is 23.7 Å². The van der Waals surface area contributed by atoms with Gasteiger partial charge in [-0.2, -0.15) is 0 Å². The molecule has 0 saturated heterocycles. The summed E-state index contributed by atoms with van der Waals surface area (Å²) >= 11 is 3.49. The van der Waals surface area contributed by atoms with Gasteiger partial charge >= 0.3 is 0 Å². The Balaban J connectivity index is 2.12. The molecule has 0 saturated carbocycles. The van der Waals surface area contributed by atoms with E-state index < -0.39 is 6.10 Å². The number of hydrogen-bond acceptors (Lipinski definition) is 3. The molecule has 0 aliphatic rings. The van der Waals surface area contributed by atoms with Crippen molar-refractivity contribution < 1.29 is 5.11 Å². The van der Waals surface area contributed by atoms with Gasteiger partial charge in [-0.15, -0.1) is 0 Å². The van der Waals surface area contributed by atoms with E-state index in [2.05, 4.69) is 25.8 Å². The van der Waals surface area contributed by atoms with Crippen LogP contribution in [0.25, 0.3) is 0 Å². The predicted octanol–water partition coefficient (Wildman–Crippen LogP) is 3.58. The molecular formula is C16H19BrN2O. The first-order valence-electron chi connectivity index (χ1n) is 6.66. The molecule has 4 heteroatoms. The summed E-state index contributed by atoms with van der Waals surface area (Å²) in [6.07, 6.45) is 2.22. The van der Waals surface area contributed by atoms with E-state index >= 15 is 0 Å². The third-order valence-corrected chi connectivity index (χ3v) is 3.78. The van der Waals surface area contributed by atoms with Crippen LogP contribution in [0.2, 0.25) is 0 Å². The lowest BCUT2D eigenvalue weighted by Gasteiger charge is -2.24. The lowest BCUT2D eigenvalue weighted by atomic mass is 10.1. The highest BCUT2D eigenvalue weighted by Crippen LogP contribution is 2.29. The van der Waals surface area contributed by atoms with Crippen molar-refractivity contribution in [3.8, 4) is 0 Å². The zero-order valence-electron chi connectivity index (χ0n) is 11.8. The van der Waals surface area contributed by atoms with Crippen molar-refractivity contribution in [3.63, 3.8) is 0 Å². The number of anilines is 1. The average molecular weight is 335 g/mol. The van der Waals surface area contributed by atoms with Crippen LogP contribution in [0.5, 0.6) is 0 Å². The minimum atomic E-state index is -0.476. The quantitative estimate of drug-likeness (QED) is 0.907. The van der Waals surface area contributed by atoms with E-state index in [-0.39, 0.29) is 0 Å². The Morgan fingerprint density at radius 1 is 1.30 bits per heavy atom. The number of halogens is 1. The fourth-order valence-electron chi connectivity index (χ4n) is 2.15. The summed E-state index contributed by atoms with van der Waals surface area (Å²) in [6, 6.07) is 11.9. The Kier molecular flexibility index (Phi) is 5.15. The van der Waals surface area contributed by atoms with Crippen molar-refractivity contribution in [1.29, 1.82) is 0 Å². The molecule has 0 aliphatic heterocycles. The summed E-state index contributed by atoms with van der Waals surface area (Å²) in [6.45, 7) is 2.65. The van der Waals surface area contributed by atoms with Gasteiger partial charge in [0.25, 0.3) is 0 Å². The van der Waals surface area contributed by atoms with Gasteiger partial charge in [0.05, 0.1) is 6.10 Å². The van der Waals surface area contributed by atoms with Crippen LogP contribution in [0.4, 0.5) is 5.69 Å². The van der Waals surface area contributed by atoms with Gasteiger partial charge in [-0.05, 0) is 31.2 Å². The smallest absolute Gasteiger partial charge is 0.0782 e. The van der Waals surface area contributed by atoms with Gasteiger partial charge in [-0.25, -0.2) is 0 Å². The summed E-state index contributed by atoms with van der Waals surface area (Å²) < 4.78 is 1.02. The molecule has 20 heavy (non-hydrogen) atoms. The zero-order chi connectivity index (χ0) is 14.5. The highest BCUT2D eigenvalue weighted by atomic mass is 79.9. The second-order valence-corrected chi connectivity index (χ2v) is 5.79. The Labute approximate surface area is 128 Å². The van der Waals surface area contributed by atoms with Crippen molar-refractivity contribution in [2.75, 3.05) is 18.5 Å². The molecular weight excluding hydrogens is 316 g/mol. The van der Waals surface area contributed by atoms with E-state index in [4.69, 9.17) is 0 Å². The lowest BCUT2D eigenvalue weighted by Crippen LogP contribution is -2.22. The van der Waals surface area contributed by atoms with Crippen molar-refractivity contribution in [3.05, 3.63) is 58.3 Å². The van der Waals surface area contributed by atoms with Gasteiger partial charge in [0.15, 0.2) is 0 Å². The summed E-state index contributed by atoms with van der Waals surface area (Å²) in [5, 5.41) is 9.88. The van der Waals surface area contributed by atoms with Gasteiger partial charge in [-0.1, -0.05) is 28.1 Å². The molecule has 1 aromatic carbocycles. The van der Waals surface area contributed by atoms with E-state index in [0.29, 0.717) is 0 Å². The van der Waals surface area contributed by atoms with Crippen LogP contribution in [0.3, 0.4) is 0 Å². The van der Waals surface area contributed by atoms with Gasteiger partial charge in [0, 0.05) is 47.6 Å². The minimum absolute atomic E-state index is 0.476. The number of rotatable bonds is 5. The van der Waals surface area contributed by atoms with Crippen molar-refractivity contribution >= 4 is 21.6 Å². The van der Waals surface area contributed by atoms with Crippen molar-refractivity contribution in [1.82, 2.24) is 4.98 Å². The summed E-state index contributed by atoms with van der Waals surface area (Å²) in [4.78, 5) is 6.49. The topological polar surface area (TPSA) is 36.4 Å². The number of aliphatic hydroxyl groups excluding tert-OH is 1. The molecule has 1 N–H and O–H groups in total. The number of aliphatic hydroxyl groups is 1. The number of nitrogens with zero attached hydrogens (tertiary/aromatic N) is 2. The third kappa shape index (κ3) is 3.81. The maximum absolute atomic E-state index is 9.88. The molecule has 0 aliphatic carbocycles. The van der Waals surface area contributed by atoms with Gasteiger partial charge in [0.2, 0.25) is 0 Å². The van der Waals surface area contributed by atoms with Crippen molar-refractivity contribution in [2.24, 2.45) is 0 Å². The van der Waals surface area contributed by atoms with Crippen molar-refractivity contribution in [2.45, 2.75) is 19.4 Å². The summed E-state index contributed by atoms with van der Waals surface area (Å²) in [5.41, 5.74) is 3.06. The van der Waals surface area contributed by atoms with Crippen LogP contribution < -0.4 is 4.90 Å². The van der Waals surface area contributed by atoms with Gasteiger partial charge < -0.3 is 10.0 Å². The zero-order valence-corrected chi connectivity index (χ0v) is 13.3. The van der Waals surface area contributed by atoms with E-state index in [9.17, 15) is 5.11 Å². The first-order chi connectivity index (χ1) is 9.58. The summed E-state index contributed by atoms with van der Waals surface area (Å²) in [7, 11) is 2.04. The first kappa shape index (κ1) is 15.0. The fraction of sp³-hybridized carbons (Fsp3) is 0.312. The second kappa shape index (κ2) is 6.86. The van der Waals surface area contributed by atoms with E-state index in [0.717, 1.165) is 34.4 Å². The Bertz CT molecular complexity index is 558. The standard InChI is InChI=1S/C16H19BrN2O/c1-12(20)15-7-6-13(17)11-16(15)19(2)10-8-14-5-3-4-9-18-14/h3-7,9,11-12,20H,8,10H2,1-2H3. The molecule has 2 aromatic rings. The number of benzene rings is 1. The molecule has 0 amide bonds. The molecule has 0 fully saturated rings. The number of pyridine rings is 1. The molecule has 3 nitrogen and oxygen atoms in total. The van der Waals surface area contributed by atoms with Crippen LogP contribution in [0, 0.1) is 0 Å². The Hall–Kier alpha value is -1.39. The van der Waals surface area contributed by atoms with E-state index in [1.165, 1.54) is 0 Å². The highest BCUT2D eigenvalue weighted by Gasteiger charge is 2.12. The average Bonchev–Trinajstić information content (AvgIpc) is 2.45. The SMILES string of the molecule is CC(O)c1ccc(Br)cc1N(C)CCc1ccccn1. The molecule has 2 rings (SSSR count). The van der Waals surface area contributed by atoms with Gasteiger partial charge in [-0.3, -0.25) is 4.98 Å². The van der Waals surface area contributed by atoms with Crippen LogP contribution >= 0.6 is 15.9 Å². The maximum Gasteiger partial charge on any atom is 0.0782 e. The third-order valence-electron chi connectivity index (χ3n) is 3.28. The maximum atomic E-state index is 9.88. The fourth-order valence-corrected chi connectivity index (χ4v) is 2.50. The largest absolute Gasteiger partial charge is 0.389 e. The normalized spacial score (nSPS) is 12.2. The lowest BCUT2D eigenvalue weighted by molar-refractivity contribution is 0.199. The first-order valence-corrected chi connectivity index (χ1v) is 7.46. The van der Waals surface area contributed by atoms with Crippen LogP contribution in [0.15, 0.2) is 47.1 Å². The monoisotopic (exact) mass is 334 g/mol. The van der Waals surface area contributed by atoms with Crippen LogP contribution in [-0.2, 0) is 6.42 Å². The molecule has 1 atom stereocenters. The van der Waals surface area contributed by atoms with E-state index in [1.54, 1.807) is 6.92 Å². The molecule has 106 valence electrons. The Morgan fingerprint density at radius 2 is 2.10 bits per heavy atom. The number of hydrogen-bond donors (Lipinski definition) is 1. The molecule has 1 aromatic heterocycles. The molecule has 1 heterocycles. The second-order valence-electron chi connectivity index (χ2n) is 4.87. The molecule has 0 spiro atoms. The number of likely N-dealkylation sites (N-methyl/N-ethyl adjacent to an activating group) is 1. The minimum Gasteiger partial charge on any atom is -0.389 e. The van der Waals surface area contributed by atoms with Crippen LogP contribution in [0.1, 0.15) is 24.3 Å². The van der Waals surface area contributed by atoms with E-state index in [1.807, 2.05) is 49.6 Å². The Morgan fingerprint density at radius 3 is 2.75 bits per heavy atom. The molecule has 0 radical (unpaired) electrons. The summed E-state index contributed by atoms with van der Waals surface area (Å²) in [5.74, 6) is 0.